The number of rotatable bonds is 4. The summed E-state index contributed by atoms with van der Waals surface area (Å²) in [5.74, 6) is -4.47. The van der Waals surface area contributed by atoms with Gasteiger partial charge in [-0.1, -0.05) is 13.0 Å². The molecule has 2 saturated carbocycles. The first-order valence-electron chi connectivity index (χ1n) is 11.5. The van der Waals surface area contributed by atoms with Crippen LogP contribution in [0, 0.1) is 17.8 Å². The molecule has 0 bridgehead atoms. The number of carbonyl (C=O) groups excluding carboxylic acids is 4. The summed E-state index contributed by atoms with van der Waals surface area (Å²) in [6.07, 6.45) is -2.04. The van der Waals surface area contributed by atoms with Crippen LogP contribution in [-0.2, 0) is 42.9 Å². The number of allylic oxidation sites excluding steroid dienone is 1. The molecule has 1 N–H and O–H groups in total. The van der Waals surface area contributed by atoms with E-state index in [-0.39, 0.29) is 6.42 Å². The third-order valence-corrected chi connectivity index (χ3v) is 8.06. The number of hydrogen-bond acceptors (Lipinski definition) is 10. The Kier molecular flexibility index (Phi) is 5.64. The van der Waals surface area contributed by atoms with Crippen LogP contribution >= 0.6 is 0 Å². The molecule has 2 heterocycles. The quantitative estimate of drug-likeness (QED) is 0.270. The Morgan fingerprint density at radius 2 is 1.76 bits per heavy atom. The maximum Gasteiger partial charge on any atom is 0.333 e. The molecule has 34 heavy (non-hydrogen) atoms. The lowest BCUT2D eigenvalue weighted by Gasteiger charge is -2.42. The van der Waals surface area contributed by atoms with Gasteiger partial charge in [-0.2, -0.15) is 0 Å². The molecule has 10 unspecified atom stereocenters. The fourth-order valence-corrected chi connectivity index (χ4v) is 6.49. The Morgan fingerprint density at radius 3 is 2.32 bits per heavy atom. The first-order valence-corrected chi connectivity index (χ1v) is 11.5. The van der Waals surface area contributed by atoms with Crippen LogP contribution in [0.15, 0.2) is 11.6 Å². The molecule has 10 atom stereocenters. The van der Waals surface area contributed by atoms with Crippen molar-refractivity contribution < 1.29 is 48.0 Å². The van der Waals surface area contributed by atoms with Crippen molar-refractivity contribution in [2.45, 2.75) is 96.1 Å². The highest BCUT2D eigenvalue weighted by Gasteiger charge is 2.89. The van der Waals surface area contributed by atoms with Crippen molar-refractivity contribution in [2.75, 3.05) is 0 Å². The molecular weight excluding hydrogens is 448 g/mol. The van der Waals surface area contributed by atoms with Crippen LogP contribution in [0.1, 0.15) is 54.9 Å². The maximum absolute atomic E-state index is 12.7. The maximum atomic E-state index is 12.7. The predicted molar refractivity (Wildman–Crippen MR) is 114 cm³/mol. The molecular formula is C24H32O10. The van der Waals surface area contributed by atoms with Gasteiger partial charge in [-0.05, 0) is 27.7 Å². The fourth-order valence-electron chi connectivity index (χ4n) is 6.49. The number of hydrogen-bond donors (Lipinski definition) is 1. The van der Waals surface area contributed by atoms with Crippen LogP contribution in [0.25, 0.3) is 0 Å². The highest BCUT2D eigenvalue weighted by Crippen LogP contribution is 2.69. The molecule has 2 aliphatic carbocycles. The molecule has 0 aromatic heterocycles. The molecule has 4 aliphatic rings. The van der Waals surface area contributed by atoms with Crippen LogP contribution in [-0.4, -0.2) is 70.2 Å². The van der Waals surface area contributed by atoms with Crippen LogP contribution in [0.2, 0.25) is 0 Å². The Labute approximate surface area is 197 Å². The minimum absolute atomic E-state index is 0.00727. The van der Waals surface area contributed by atoms with Gasteiger partial charge >= 0.3 is 23.9 Å². The fraction of sp³-hybridized carbons (Fsp3) is 0.750. The van der Waals surface area contributed by atoms with Crippen molar-refractivity contribution in [2.24, 2.45) is 17.8 Å². The molecule has 4 fully saturated rings. The molecule has 10 heteroatoms. The number of epoxide rings is 1. The average molecular weight is 481 g/mol. The van der Waals surface area contributed by atoms with E-state index in [1.807, 2.05) is 0 Å². The molecule has 10 nitrogen and oxygen atoms in total. The van der Waals surface area contributed by atoms with Crippen molar-refractivity contribution in [3.63, 3.8) is 0 Å². The Hall–Kier alpha value is -2.46. The molecule has 4 rings (SSSR count). The van der Waals surface area contributed by atoms with Crippen molar-refractivity contribution in [1.82, 2.24) is 0 Å². The summed E-state index contributed by atoms with van der Waals surface area (Å²) in [5, 5.41) is 11.7. The van der Waals surface area contributed by atoms with Crippen LogP contribution < -0.4 is 0 Å². The third-order valence-electron chi connectivity index (χ3n) is 8.06. The van der Waals surface area contributed by atoms with Gasteiger partial charge in [0.1, 0.15) is 35.1 Å². The van der Waals surface area contributed by atoms with Gasteiger partial charge in [-0.25, -0.2) is 4.79 Å². The van der Waals surface area contributed by atoms with E-state index in [0.717, 1.165) is 0 Å². The van der Waals surface area contributed by atoms with Crippen molar-refractivity contribution >= 4 is 23.9 Å². The molecule has 0 amide bonds. The Morgan fingerprint density at radius 1 is 1.12 bits per heavy atom. The van der Waals surface area contributed by atoms with E-state index in [9.17, 15) is 24.3 Å². The van der Waals surface area contributed by atoms with E-state index < -0.39 is 82.8 Å². The summed E-state index contributed by atoms with van der Waals surface area (Å²) in [5.41, 5.74) is -3.99. The van der Waals surface area contributed by atoms with E-state index in [2.05, 4.69) is 0 Å². The average Bonchev–Trinajstić information content (AvgIpc) is 3.34. The van der Waals surface area contributed by atoms with Gasteiger partial charge in [-0.3, -0.25) is 14.4 Å². The number of fused-ring (bicyclic) bond motifs is 2. The smallest absolute Gasteiger partial charge is 0.333 e. The van der Waals surface area contributed by atoms with Crippen LogP contribution in [0.3, 0.4) is 0 Å². The summed E-state index contributed by atoms with van der Waals surface area (Å²) >= 11 is 0. The van der Waals surface area contributed by atoms with Crippen molar-refractivity contribution in [1.29, 1.82) is 0 Å². The van der Waals surface area contributed by atoms with E-state index in [1.54, 1.807) is 33.8 Å². The van der Waals surface area contributed by atoms with Crippen molar-refractivity contribution in [3.8, 4) is 0 Å². The van der Waals surface area contributed by atoms with E-state index >= 15 is 0 Å². The summed E-state index contributed by atoms with van der Waals surface area (Å²) in [4.78, 5) is 49.5. The largest absolute Gasteiger partial charge is 0.461 e. The zero-order valence-electron chi connectivity index (χ0n) is 20.4. The van der Waals surface area contributed by atoms with Crippen LogP contribution in [0.5, 0.6) is 0 Å². The lowest BCUT2D eigenvalue weighted by atomic mass is 9.72. The van der Waals surface area contributed by atoms with Gasteiger partial charge in [0, 0.05) is 31.8 Å². The van der Waals surface area contributed by atoms with E-state index in [4.69, 9.17) is 23.7 Å². The number of ether oxygens (including phenoxy) is 5. The van der Waals surface area contributed by atoms with E-state index in [0.29, 0.717) is 5.57 Å². The summed E-state index contributed by atoms with van der Waals surface area (Å²) in [6.45, 7) is 10.6. The van der Waals surface area contributed by atoms with E-state index in [1.165, 1.54) is 20.8 Å². The third kappa shape index (κ3) is 3.29. The zero-order valence-corrected chi connectivity index (χ0v) is 20.4. The normalized spacial score (nSPS) is 46.9. The Bertz CT molecular complexity index is 969. The van der Waals surface area contributed by atoms with Crippen LogP contribution in [0.4, 0.5) is 0 Å². The molecule has 0 aromatic carbocycles. The van der Waals surface area contributed by atoms with Gasteiger partial charge in [0.2, 0.25) is 0 Å². The highest BCUT2D eigenvalue weighted by molar-refractivity contribution is 5.88. The Balaban J connectivity index is 1.86. The standard InChI is InChI=1S/C24H32O10/c1-8-10(2)20(27)31-14-9-22(6,33-13(5)26)24-17(16-15(14)11(3)21(28)32-16)23(7,29)18(19(24)34-24)30-12(4)25/h8,11,14-19,29H,9H2,1-7H3. The minimum Gasteiger partial charge on any atom is -0.461 e. The molecule has 0 aromatic rings. The summed E-state index contributed by atoms with van der Waals surface area (Å²) < 4.78 is 29.1. The lowest BCUT2D eigenvalue weighted by molar-refractivity contribution is -0.199. The highest BCUT2D eigenvalue weighted by atomic mass is 16.7. The summed E-state index contributed by atoms with van der Waals surface area (Å²) in [6, 6.07) is 0. The van der Waals surface area contributed by atoms with Gasteiger partial charge in [0.05, 0.1) is 11.8 Å². The second-order valence-corrected chi connectivity index (χ2v) is 10.3. The van der Waals surface area contributed by atoms with Crippen molar-refractivity contribution in [3.05, 3.63) is 11.6 Å². The molecule has 2 saturated heterocycles. The zero-order chi connectivity index (χ0) is 25.4. The number of aliphatic hydroxyl groups is 1. The SMILES string of the molecule is CC=C(C)C(=O)OC1CC(C)(OC(C)=O)C23OC2C(OC(C)=O)C(C)(O)C3C2OC(=O)C(C)C12. The lowest BCUT2D eigenvalue weighted by Crippen LogP contribution is -2.58. The molecule has 2 aliphatic heterocycles. The minimum atomic E-state index is -1.68. The van der Waals surface area contributed by atoms with Gasteiger partial charge in [0.25, 0.3) is 0 Å². The summed E-state index contributed by atoms with van der Waals surface area (Å²) in [7, 11) is 0. The molecule has 188 valence electrons. The topological polar surface area (TPSA) is 138 Å². The molecule has 1 spiro atoms. The number of esters is 4. The second kappa shape index (κ2) is 7.78. The predicted octanol–water partition coefficient (Wildman–Crippen LogP) is 1.22. The first kappa shape index (κ1) is 24.7. The van der Waals surface area contributed by atoms with Gasteiger partial charge in [-0.15, -0.1) is 0 Å². The first-order chi connectivity index (χ1) is 15.7. The number of carbonyl (C=O) groups is 4. The second-order valence-electron chi connectivity index (χ2n) is 10.3. The van der Waals surface area contributed by atoms with Gasteiger partial charge in [0.15, 0.2) is 6.10 Å². The molecule has 0 radical (unpaired) electrons. The van der Waals surface area contributed by atoms with Gasteiger partial charge < -0.3 is 28.8 Å². The monoisotopic (exact) mass is 480 g/mol.